The number of amides is 1. The van der Waals surface area contributed by atoms with Gasteiger partial charge in [-0.2, -0.15) is 0 Å². The molecule has 0 aromatic rings. The van der Waals surface area contributed by atoms with E-state index in [9.17, 15) is 20.1 Å². The van der Waals surface area contributed by atoms with Crippen molar-refractivity contribution in [2.24, 2.45) is 0 Å². The van der Waals surface area contributed by atoms with Gasteiger partial charge in [0.15, 0.2) is 0 Å². The largest absolute Gasteiger partial charge is 0.394 e. The van der Waals surface area contributed by atoms with Gasteiger partial charge in [-0.25, -0.2) is 0 Å². The summed E-state index contributed by atoms with van der Waals surface area (Å²) >= 11 is 0. The Morgan fingerprint density at radius 1 is 0.404 bits per heavy atom. The number of hydrogen-bond donors (Lipinski definition) is 4. The molecule has 0 spiro atoms. The molecule has 0 fully saturated rings. The quantitative estimate of drug-likeness (QED) is 0.0469. The van der Waals surface area contributed by atoms with Crippen LogP contribution >= 0.6 is 0 Å². The van der Waals surface area contributed by atoms with Crippen LogP contribution in [0.2, 0.25) is 0 Å². The SMILES string of the molecule is CCCCCCCCCCCCCCCCCCCCCCCC(O)C(O)C(CO)NC(=O)CCCCCCCCCCCCCCCCCCC. The summed E-state index contributed by atoms with van der Waals surface area (Å²) in [5.41, 5.74) is 0. The number of hydrogen-bond acceptors (Lipinski definition) is 4. The van der Waals surface area contributed by atoms with Crippen molar-refractivity contribution in [3.8, 4) is 0 Å². The molecule has 0 rings (SSSR count). The van der Waals surface area contributed by atoms with Crippen molar-refractivity contribution in [2.75, 3.05) is 6.61 Å². The lowest BCUT2D eigenvalue weighted by Gasteiger charge is -2.26. The van der Waals surface area contributed by atoms with Crippen molar-refractivity contribution in [1.29, 1.82) is 0 Å². The van der Waals surface area contributed by atoms with Gasteiger partial charge in [-0.3, -0.25) is 4.79 Å². The molecule has 3 unspecified atom stereocenters. The van der Waals surface area contributed by atoms with Crippen molar-refractivity contribution < 1.29 is 20.1 Å². The summed E-state index contributed by atoms with van der Waals surface area (Å²) in [6, 6.07) is -0.803. The molecule has 0 heterocycles. The van der Waals surface area contributed by atoms with E-state index in [4.69, 9.17) is 0 Å². The maximum absolute atomic E-state index is 12.4. The molecule has 52 heavy (non-hydrogen) atoms. The van der Waals surface area contributed by atoms with Gasteiger partial charge in [-0.05, 0) is 12.8 Å². The summed E-state index contributed by atoms with van der Waals surface area (Å²) in [6.07, 6.45) is 49.3. The van der Waals surface area contributed by atoms with Crippen LogP contribution < -0.4 is 5.32 Å². The van der Waals surface area contributed by atoms with Gasteiger partial charge in [0.05, 0.1) is 18.8 Å². The Hall–Kier alpha value is -0.650. The van der Waals surface area contributed by atoms with E-state index in [-0.39, 0.29) is 12.5 Å². The molecule has 5 heteroatoms. The highest BCUT2D eigenvalue weighted by atomic mass is 16.3. The minimum atomic E-state index is -1.13. The van der Waals surface area contributed by atoms with E-state index in [1.54, 1.807) is 0 Å². The van der Waals surface area contributed by atoms with Gasteiger partial charge in [-0.1, -0.05) is 251 Å². The molecule has 0 aromatic heterocycles. The van der Waals surface area contributed by atoms with Crippen molar-refractivity contribution in [2.45, 2.75) is 289 Å². The zero-order chi connectivity index (χ0) is 38.0. The lowest BCUT2D eigenvalue weighted by molar-refractivity contribution is -0.124. The second kappa shape index (κ2) is 43.1. The van der Waals surface area contributed by atoms with E-state index in [1.165, 1.54) is 212 Å². The topological polar surface area (TPSA) is 89.8 Å². The monoisotopic (exact) mass is 738 g/mol. The number of unbranched alkanes of at least 4 members (excludes halogenated alkanes) is 36. The smallest absolute Gasteiger partial charge is 0.220 e. The lowest BCUT2D eigenvalue weighted by Crippen LogP contribution is -2.50. The fourth-order valence-corrected chi connectivity index (χ4v) is 7.75. The molecule has 0 aliphatic rings. The number of rotatable bonds is 44. The Kier molecular flexibility index (Phi) is 42.5. The number of aliphatic hydroxyl groups is 3. The van der Waals surface area contributed by atoms with Crippen LogP contribution in [0.25, 0.3) is 0 Å². The van der Waals surface area contributed by atoms with Crippen LogP contribution in [0.4, 0.5) is 0 Å². The summed E-state index contributed by atoms with van der Waals surface area (Å²) in [5, 5.41) is 33.6. The highest BCUT2D eigenvalue weighted by Gasteiger charge is 2.26. The molecule has 0 aliphatic carbocycles. The van der Waals surface area contributed by atoms with Crippen LogP contribution in [0.15, 0.2) is 0 Å². The molecular weight excluding hydrogens is 643 g/mol. The fourth-order valence-electron chi connectivity index (χ4n) is 7.75. The zero-order valence-corrected chi connectivity index (χ0v) is 35.5. The third-order valence-corrected chi connectivity index (χ3v) is 11.5. The van der Waals surface area contributed by atoms with Crippen LogP contribution in [0.5, 0.6) is 0 Å². The average molecular weight is 738 g/mol. The van der Waals surface area contributed by atoms with Crippen molar-refractivity contribution in [3.05, 3.63) is 0 Å². The Labute approximate surface area is 326 Å². The highest BCUT2D eigenvalue weighted by molar-refractivity contribution is 5.76. The first-order valence-corrected chi connectivity index (χ1v) is 23.8. The number of carbonyl (C=O) groups is 1. The van der Waals surface area contributed by atoms with Gasteiger partial charge >= 0.3 is 0 Å². The predicted octanol–water partition coefficient (Wildman–Crippen LogP) is 13.8. The normalized spacial score (nSPS) is 13.4. The van der Waals surface area contributed by atoms with Crippen LogP contribution in [-0.4, -0.2) is 46.1 Å². The van der Waals surface area contributed by atoms with Crippen molar-refractivity contribution in [1.82, 2.24) is 5.32 Å². The molecule has 3 atom stereocenters. The molecule has 0 aliphatic heterocycles. The van der Waals surface area contributed by atoms with Crippen LogP contribution in [0, 0.1) is 0 Å². The number of aliphatic hydroxyl groups excluding tert-OH is 3. The van der Waals surface area contributed by atoms with E-state index in [0.717, 1.165) is 32.1 Å². The standard InChI is InChI=1S/C47H95NO4/c1-3-5-7-9-11-13-15-17-19-21-22-23-24-26-27-29-31-33-35-37-39-41-45(50)47(52)44(43-49)48-46(51)42-40-38-36-34-32-30-28-25-20-18-16-14-12-10-8-6-4-2/h44-45,47,49-50,52H,3-43H2,1-2H3,(H,48,51). The van der Waals surface area contributed by atoms with E-state index in [1.807, 2.05) is 0 Å². The van der Waals surface area contributed by atoms with E-state index in [0.29, 0.717) is 12.8 Å². The molecule has 312 valence electrons. The lowest BCUT2D eigenvalue weighted by atomic mass is 9.99. The van der Waals surface area contributed by atoms with Gasteiger partial charge in [0.1, 0.15) is 6.10 Å². The Morgan fingerprint density at radius 2 is 0.654 bits per heavy atom. The number of nitrogens with one attached hydrogen (secondary N) is 1. The second-order valence-electron chi connectivity index (χ2n) is 16.7. The Bertz CT molecular complexity index is 688. The summed E-state index contributed by atoms with van der Waals surface area (Å²) in [7, 11) is 0. The van der Waals surface area contributed by atoms with E-state index < -0.39 is 18.2 Å². The summed E-state index contributed by atoms with van der Waals surface area (Å²) in [5.74, 6) is -0.139. The molecule has 0 saturated heterocycles. The second-order valence-corrected chi connectivity index (χ2v) is 16.7. The van der Waals surface area contributed by atoms with E-state index in [2.05, 4.69) is 19.2 Å². The van der Waals surface area contributed by atoms with Gasteiger partial charge in [0.2, 0.25) is 5.91 Å². The minimum absolute atomic E-state index is 0.139. The van der Waals surface area contributed by atoms with Gasteiger partial charge < -0.3 is 20.6 Å². The maximum atomic E-state index is 12.4. The number of carbonyl (C=O) groups excluding carboxylic acids is 1. The molecule has 1 amide bonds. The van der Waals surface area contributed by atoms with Crippen LogP contribution in [0.1, 0.15) is 271 Å². The first-order chi connectivity index (χ1) is 25.6. The van der Waals surface area contributed by atoms with Gasteiger partial charge in [-0.15, -0.1) is 0 Å². The minimum Gasteiger partial charge on any atom is -0.394 e. The Balaban J connectivity index is 3.55. The molecular formula is C47H95NO4. The third-order valence-electron chi connectivity index (χ3n) is 11.5. The molecule has 4 N–H and O–H groups in total. The van der Waals surface area contributed by atoms with Crippen LogP contribution in [-0.2, 0) is 4.79 Å². The molecule has 0 radical (unpaired) electrons. The highest BCUT2D eigenvalue weighted by Crippen LogP contribution is 2.18. The van der Waals surface area contributed by atoms with Gasteiger partial charge in [0, 0.05) is 6.42 Å². The van der Waals surface area contributed by atoms with Gasteiger partial charge in [0.25, 0.3) is 0 Å². The summed E-state index contributed by atoms with van der Waals surface area (Å²) in [4.78, 5) is 12.4. The van der Waals surface area contributed by atoms with Crippen molar-refractivity contribution >= 4 is 5.91 Å². The fraction of sp³-hybridized carbons (Fsp3) is 0.979. The molecule has 5 nitrogen and oxygen atoms in total. The summed E-state index contributed by atoms with van der Waals surface area (Å²) < 4.78 is 0. The van der Waals surface area contributed by atoms with Crippen LogP contribution in [0.3, 0.4) is 0 Å². The predicted molar refractivity (Wildman–Crippen MR) is 227 cm³/mol. The Morgan fingerprint density at radius 3 is 0.923 bits per heavy atom. The molecule has 0 bridgehead atoms. The average Bonchev–Trinajstić information content (AvgIpc) is 3.15. The molecule has 0 aromatic carbocycles. The first-order valence-electron chi connectivity index (χ1n) is 23.8. The summed E-state index contributed by atoms with van der Waals surface area (Å²) in [6.45, 7) is 4.21. The van der Waals surface area contributed by atoms with Crippen molar-refractivity contribution in [3.63, 3.8) is 0 Å². The molecule has 0 saturated carbocycles. The third kappa shape index (κ3) is 37.7. The van der Waals surface area contributed by atoms with E-state index >= 15 is 0 Å². The zero-order valence-electron chi connectivity index (χ0n) is 35.5. The first kappa shape index (κ1) is 51.4. The maximum Gasteiger partial charge on any atom is 0.220 e.